The molecule has 0 bridgehead atoms. The summed E-state index contributed by atoms with van der Waals surface area (Å²) in [6.07, 6.45) is 0. The van der Waals surface area contributed by atoms with Crippen molar-refractivity contribution in [1.82, 2.24) is 0 Å². The summed E-state index contributed by atoms with van der Waals surface area (Å²) in [5.74, 6) is 4.01. The predicted octanol–water partition coefficient (Wildman–Crippen LogP) is -1.23. The Morgan fingerprint density at radius 3 is 1.44 bits per heavy atom. The monoisotopic (exact) mass is 345 g/mol. The molecule has 0 saturated heterocycles. The van der Waals surface area contributed by atoms with Gasteiger partial charge in [-0.05, 0) is 0 Å². The van der Waals surface area contributed by atoms with Crippen molar-refractivity contribution in [1.29, 1.82) is 0 Å². The molecule has 3 N–H and O–H groups in total. The fraction of sp³-hybridized carbons (Fsp3) is 0. The first-order chi connectivity index (χ1) is 2.56. The number of hydrogen-bond donors (Lipinski definition) is 2. The number of rotatable bonds is 1. The van der Waals surface area contributed by atoms with E-state index in [0.29, 0.717) is 0 Å². The predicted molar refractivity (Wildman–Crippen MR) is 29.6 cm³/mol. The zero-order valence-electron chi connectivity index (χ0n) is 4.07. The average molecular weight is 341 g/mol. The summed E-state index contributed by atoms with van der Waals surface area (Å²) < 4.78 is 29.3. The van der Waals surface area contributed by atoms with E-state index in [1.165, 1.54) is 0 Å². The van der Waals surface area contributed by atoms with Crippen molar-refractivity contribution in [3.8, 4) is 0 Å². The second kappa shape index (κ2) is 9.56. The van der Waals surface area contributed by atoms with Gasteiger partial charge in [-0.25, -0.2) is 0 Å². The van der Waals surface area contributed by atoms with Crippen molar-refractivity contribution in [2.45, 2.75) is 0 Å². The first kappa shape index (κ1) is 22.4. The third-order valence-corrected chi connectivity index (χ3v) is 0.719. The zero-order valence-corrected chi connectivity index (χ0v) is 10.1. The fourth-order valence-corrected chi connectivity index (χ4v) is 0. The first-order valence-corrected chi connectivity index (χ1v) is 4.27. The van der Waals surface area contributed by atoms with Crippen LogP contribution in [0.1, 0.15) is 0 Å². The maximum atomic E-state index is 9.32. The molecule has 0 rings (SSSR count). The Morgan fingerprint density at radius 2 is 1.44 bits per heavy atom. The van der Waals surface area contributed by atoms with Crippen molar-refractivity contribution < 1.29 is 51.9 Å². The van der Waals surface area contributed by atoms with Gasteiger partial charge in [0, 0.05) is 21.1 Å². The van der Waals surface area contributed by atoms with Gasteiger partial charge >= 0.3 is 36.7 Å². The Kier molecular flexibility index (Phi) is 23.8. The van der Waals surface area contributed by atoms with Gasteiger partial charge in [-0.15, -0.1) is 0 Å². The fourth-order valence-electron chi connectivity index (χ4n) is 0. The van der Waals surface area contributed by atoms with Crippen LogP contribution in [0.4, 0.5) is 0 Å². The molecule has 0 fully saturated rings. The van der Waals surface area contributed by atoms with Gasteiger partial charge in [-0.3, -0.25) is 0 Å². The molecule has 0 saturated carbocycles. The molecule has 0 aliphatic carbocycles. The quantitative estimate of drug-likeness (QED) is 0.460. The SMILES string of the molecule is N[O][Mo](=[O])(=[O])[OH].S.S.[Mo]. The number of hydrogen-bond acceptors (Lipinski definition) is 4. The standard InChI is InChI=1S/2Mo.H2NO.H2O.2O.2H2S/c;;1-2;;;;;/h;;1H2;1H2;;;2*1H2/q;+2;-1;;;;;/p-1. The van der Waals surface area contributed by atoms with Crippen molar-refractivity contribution >= 4 is 27.0 Å². The molecule has 0 radical (unpaired) electrons. The van der Waals surface area contributed by atoms with E-state index in [-0.39, 0.29) is 48.1 Å². The summed E-state index contributed by atoms with van der Waals surface area (Å²) in [5.41, 5.74) is 0. The molecular formula is H7Mo2NO4S2. The minimum Gasteiger partial charge on any atom is -0.197 e. The van der Waals surface area contributed by atoms with E-state index < -0.39 is 16.7 Å². The van der Waals surface area contributed by atoms with Crippen LogP contribution in [0, 0.1) is 0 Å². The van der Waals surface area contributed by atoms with Crippen LogP contribution in [-0.2, 0) is 48.1 Å². The molecule has 9 heavy (non-hydrogen) atoms. The molecule has 0 spiro atoms. The molecular weight excluding hydrogens is 334 g/mol. The summed E-state index contributed by atoms with van der Waals surface area (Å²) >= 11 is -5.28. The first-order valence-electron chi connectivity index (χ1n) is 0.918. The third-order valence-electron chi connectivity index (χ3n) is 0.122. The van der Waals surface area contributed by atoms with Gasteiger partial charge in [0.25, 0.3) is 0 Å². The van der Waals surface area contributed by atoms with Crippen molar-refractivity contribution in [3.05, 3.63) is 0 Å². The van der Waals surface area contributed by atoms with E-state index in [2.05, 4.69) is 9.39 Å². The van der Waals surface area contributed by atoms with Gasteiger partial charge < -0.3 is 0 Å². The van der Waals surface area contributed by atoms with E-state index in [1.54, 1.807) is 0 Å². The maximum Gasteiger partial charge on any atom is 0 e. The Balaban J connectivity index is -0.0000000417. The molecule has 0 aliphatic rings. The van der Waals surface area contributed by atoms with Crippen LogP contribution in [0.15, 0.2) is 0 Å². The van der Waals surface area contributed by atoms with Crippen LogP contribution in [0.3, 0.4) is 0 Å². The normalized spacial score (nSPS) is 7.78. The van der Waals surface area contributed by atoms with Crippen LogP contribution >= 0.6 is 27.0 Å². The topological polar surface area (TPSA) is 89.6 Å². The van der Waals surface area contributed by atoms with Crippen LogP contribution < -0.4 is 5.90 Å². The van der Waals surface area contributed by atoms with Gasteiger partial charge in [0.2, 0.25) is 0 Å². The van der Waals surface area contributed by atoms with E-state index in [9.17, 15) is 6.80 Å². The molecule has 0 aromatic heterocycles. The average Bonchev–Trinajstić information content (AvgIpc) is 1.35. The Bertz CT molecular complexity index is 119. The van der Waals surface area contributed by atoms with Gasteiger partial charge in [-0.1, -0.05) is 0 Å². The van der Waals surface area contributed by atoms with Crippen LogP contribution in [0.25, 0.3) is 0 Å². The van der Waals surface area contributed by atoms with Crippen molar-refractivity contribution in [2.24, 2.45) is 5.90 Å². The maximum absolute atomic E-state index is 9.32. The Labute approximate surface area is 84.2 Å². The summed E-state index contributed by atoms with van der Waals surface area (Å²) in [4.78, 5) is 0. The van der Waals surface area contributed by atoms with Gasteiger partial charge in [-0.2, -0.15) is 27.0 Å². The molecule has 9 heteroatoms. The van der Waals surface area contributed by atoms with Crippen LogP contribution in [0.2, 0.25) is 0 Å². The largest absolute Gasteiger partial charge is 0.197 e. The minimum absolute atomic E-state index is 0. The Hall–Kier alpha value is 1.56. The minimum atomic E-state index is -5.28. The van der Waals surface area contributed by atoms with Gasteiger partial charge in [0.15, 0.2) is 0 Å². The van der Waals surface area contributed by atoms with Crippen molar-refractivity contribution in [2.75, 3.05) is 0 Å². The van der Waals surface area contributed by atoms with Gasteiger partial charge in [0.1, 0.15) is 0 Å². The summed E-state index contributed by atoms with van der Waals surface area (Å²) in [6.45, 7) is 0. The molecule has 0 unspecified atom stereocenters. The summed E-state index contributed by atoms with van der Waals surface area (Å²) in [5, 5.41) is 0. The smallest absolute Gasteiger partial charge is 0 e. The number of nitrogens with two attached hydrogens (primary N) is 1. The molecule has 0 aliphatic heterocycles. The third kappa shape index (κ3) is 26.3. The molecule has 60 valence electrons. The summed E-state index contributed by atoms with van der Waals surface area (Å²) in [7, 11) is 0. The summed E-state index contributed by atoms with van der Waals surface area (Å²) in [6, 6.07) is 0. The van der Waals surface area contributed by atoms with E-state index in [1.807, 2.05) is 0 Å². The van der Waals surface area contributed by atoms with Crippen LogP contribution in [-0.4, -0.2) is 3.76 Å². The molecule has 0 aromatic carbocycles. The molecule has 0 aromatic rings. The molecule has 0 atom stereocenters. The van der Waals surface area contributed by atoms with E-state index in [4.69, 9.17) is 3.76 Å². The second-order valence-corrected chi connectivity index (χ2v) is 3.10. The second-order valence-electron chi connectivity index (χ2n) is 0.524. The van der Waals surface area contributed by atoms with Crippen molar-refractivity contribution in [3.63, 3.8) is 0 Å². The molecule has 0 heterocycles. The van der Waals surface area contributed by atoms with Gasteiger partial charge in [0.05, 0.1) is 0 Å². The van der Waals surface area contributed by atoms with E-state index >= 15 is 0 Å². The molecule has 0 amide bonds. The Morgan fingerprint density at radius 1 is 1.33 bits per heavy atom. The van der Waals surface area contributed by atoms with Crippen LogP contribution in [0.5, 0.6) is 0 Å². The van der Waals surface area contributed by atoms with E-state index in [0.717, 1.165) is 0 Å². The molecule has 5 nitrogen and oxygen atoms in total. The zero-order chi connectivity index (χ0) is 5.21.